The Hall–Kier alpha value is -3.03. The number of aromatic nitrogens is 4. The minimum Gasteiger partial charge on any atom is -0.324 e. The summed E-state index contributed by atoms with van der Waals surface area (Å²) in [6.07, 6.45) is 1.85. The Labute approximate surface area is 164 Å². The number of nitrogens with one attached hydrogen (secondary N) is 3. The van der Waals surface area contributed by atoms with Crippen molar-refractivity contribution in [3.8, 4) is 0 Å². The number of likely N-dealkylation sites (N-methyl/N-ethyl adjacent to an activating group) is 1. The molecule has 0 bridgehead atoms. The van der Waals surface area contributed by atoms with E-state index in [9.17, 15) is 0 Å². The Balaban J connectivity index is 1.50. The first kappa shape index (κ1) is 18.3. The summed E-state index contributed by atoms with van der Waals surface area (Å²) in [4.78, 5) is 11.2. The van der Waals surface area contributed by atoms with Gasteiger partial charge in [0, 0.05) is 42.3 Å². The molecule has 0 aliphatic rings. The average Bonchev–Trinajstić information content (AvgIpc) is 3.08. The van der Waals surface area contributed by atoms with E-state index >= 15 is 0 Å². The second-order valence-corrected chi connectivity index (χ2v) is 7.24. The van der Waals surface area contributed by atoms with Gasteiger partial charge in [-0.3, -0.25) is 5.10 Å². The van der Waals surface area contributed by atoms with E-state index in [1.165, 1.54) is 0 Å². The van der Waals surface area contributed by atoms with Gasteiger partial charge < -0.3 is 15.5 Å². The first-order valence-electron chi connectivity index (χ1n) is 9.42. The van der Waals surface area contributed by atoms with Crippen molar-refractivity contribution in [2.45, 2.75) is 13.5 Å². The molecule has 7 nitrogen and oxygen atoms in total. The lowest BCUT2D eigenvalue weighted by atomic mass is 10.1. The molecule has 0 radical (unpaired) electrons. The summed E-state index contributed by atoms with van der Waals surface area (Å²) < 4.78 is 0. The van der Waals surface area contributed by atoms with E-state index in [4.69, 9.17) is 0 Å². The number of rotatable bonds is 7. The van der Waals surface area contributed by atoms with Gasteiger partial charge in [-0.1, -0.05) is 18.2 Å². The smallest absolute Gasteiger partial charge is 0.227 e. The minimum absolute atomic E-state index is 0.589. The maximum atomic E-state index is 4.66. The summed E-state index contributed by atoms with van der Waals surface area (Å²) in [5, 5.41) is 16.5. The van der Waals surface area contributed by atoms with Crippen LogP contribution in [0.1, 0.15) is 11.3 Å². The van der Waals surface area contributed by atoms with Crippen LogP contribution in [0.15, 0.2) is 42.6 Å². The second-order valence-electron chi connectivity index (χ2n) is 7.24. The van der Waals surface area contributed by atoms with E-state index in [1.54, 1.807) is 0 Å². The van der Waals surface area contributed by atoms with Crippen LogP contribution in [0, 0.1) is 6.92 Å². The van der Waals surface area contributed by atoms with Crippen molar-refractivity contribution in [2.24, 2.45) is 0 Å². The quantitative estimate of drug-likeness (QED) is 0.430. The molecule has 0 saturated carbocycles. The molecule has 0 aliphatic carbocycles. The van der Waals surface area contributed by atoms with Crippen molar-refractivity contribution in [1.29, 1.82) is 0 Å². The van der Waals surface area contributed by atoms with E-state index in [1.807, 2.05) is 30.5 Å². The molecule has 0 unspecified atom stereocenters. The predicted molar refractivity (Wildman–Crippen MR) is 114 cm³/mol. The number of H-pyrrole nitrogens is 1. The fourth-order valence-corrected chi connectivity index (χ4v) is 3.19. The summed E-state index contributed by atoms with van der Waals surface area (Å²) >= 11 is 0. The number of hydrogen-bond acceptors (Lipinski definition) is 6. The monoisotopic (exact) mass is 375 g/mol. The lowest BCUT2D eigenvalue weighted by Gasteiger charge is -2.09. The van der Waals surface area contributed by atoms with Gasteiger partial charge in [-0.25, -0.2) is 9.97 Å². The van der Waals surface area contributed by atoms with Crippen LogP contribution in [0.25, 0.3) is 21.8 Å². The fraction of sp³-hybridized carbons (Fsp3) is 0.286. The van der Waals surface area contributed by atoms with Gasteiger partial charge in [-0.05, 0) is 44.8 Å². The molecular weight excluding hydrogens is 350 g/mol. The Morgan fingerprint density at radius 3 is 2.89 bits per heavy atom. The van der Waals surface area contributed by atoms with E-state index < -0.39 is 0 Å². The SMILES string of the molecule is Cc1cccc2cnc(Nc3ccc4c(CNCCN(C)C)n[nH]c4c3)nc12. The topological polar surface area (TPSA) is 81.8 Å². The van der Waals surface area contributed by atoms with Crippen molar-refractivity contribution in [1.82, 2.24) is 30.4 Å². The molecule has 4 rings (SSSR count). The first-order valence-corrected chi connectivity index (χ1v) is 9.42. The molecule has 0 saturated heterocycles. The third-order valence-electron chi connectivity index (χ3n) is 4.74. The molecule has 144 valence electrons. The molecule has 0 atom stereocenters. The van der Waals surface area contributed by atoms with Crippen molar-refractivity contribution in [3.05, 3.63) is 53.9 Å². The highest BCUT2D eigenvalue weighted by Crippen LogP contribution is 2.23. The summed E-state index contributed by atoms with van der Waals surface area (Å²) in [7, 11) is 4.14. The Morgan fingerprint density at radius 1 is 1.14 bits per heavy atom. The second kappa shape index (κ2) is 7.92. The maximum absolute atomic E-state index is 4.66. The highest BCUT2D eigenvalue weighted by molar-refractivity contribution is 5.86. The van der Waals surface area contributed by atoms with Gasteiger partial charge in [0.1, 0.15) is 0 Å². The predicted octanol–water partition coefficient (Wildman–Crippen LogP) is 3.21. The summed E-state index contributed by atoms with van der Waals surface area (Å²) in [5.74, 6) is 0.589. The lowest BCUT2D eigenvalue weighted by molar-refractivity contribution is 0.399. The van der Waals surface area contributed by atoms with E-state index in [0.717, 1.165) is 58.4 Å². The number of benzene rings is 2. The van der Waals surface area contributed by atoms with Crippen LogP contribution in [-0.2, 0) is 6.54 Å². The van der Waals surface area contributed by atoms with Gasteiger partial charge in [0.15, 0.2) is 0 Å². The van der Waals surface area contributed by atoms with Crippen molar-refractivity contribution in [3.63, 3.8) is 0 Å². The molecule has 0 aliphatic heterocycles. The van der Waals surface area contributed by atoms with Crippen LogP contribution in [0.3, 0.4) is 0 Å². The number of hydrogen-bond donors (Lipinski definition) is 3. The number of para-hydroxylation sites is 1. The number of aryl methyl sites for hydroxylation is 1. The molecule has 28 heavy (non-hydrogen) atoms. The Morgan fingerprint density at radius 2 is 2.04 bits per heavy atom. The van der Waals surface area contributed by atoms with Crippen LogP contribution in [-0.4, -0.2) is 52.3 Å². The summed E-state index contributed by atoms with van der Waals surface area (Å²) in [6.45, 7) is 4.74. The largest absolute Gasteiger partial charge is 0.324 e. The fourth-order valence-electron chi connectivity index (χ4n) is 3.19. The van der Waals surface area contributed by atoms with E-state index in [0.29, 0.717) is 5.95 Å². The molecule has 0 amide bonds. The van der Waals surface area contributed by atoms with Gasteiger partial charge in [0.25, 0.3) is 0 Å². The zero-order valence-electron chi connectivity index (χ0n) is 16.5. The average molecular weight is 375 g/mol. The van der Waals surface area contributed by atoms with Gasteiger partial charge >= 0.3 is 0 Å². The number of nitrogens with zero attached hydrogens (tertiary/aromatic N) is 4. The molecule has 2 aromatic heterocycles. The van der Waals surface area contributed by atoms with Crippen molar-refractivity contribution < 1.29 is 0 Å². The molecule has 2 heterocycles. The van der Waals surface area contributed by atoms with Crippen LogP contribution in [0.4, 0.5) is 11.6 Å². The summed E-state index contributed by atoms with van der Waals surface area (Å²) in [5.41, 5.74) is 5.05. The van der Waals surface area contributed by atoms with Crippen LogP contribution in [0.2, 0.25) is 0 Å². The summed E-state index contributed by atoms with van der Waals surface area (Å²) in [6, 6.07) is 12.3. The minimum atomic E-state index is 0.589. The van der Waals surface area contributed by atoms with Gasteiger partial charge in [0.05, 0.1) is 16.7 Å². The normalized spacial score (nSPS) is 11.6. The van der Waals surface area contributed by atoms with Gasteiger partial charge in [-0.2, -0.15) is 5.10 Å². The van der Waals surface area contributed by atoms with Crippen molar-refractivity contribution >= 4 is 33.4 Å². The van der Waals surface area contributed by atoms with Gasteiger partial charge in [-0.15, -0.1) is 0 Å². The lowest BCUT2D eigenvalue weighted by Crippen LogP contribution is -2.26. The number of anilines is 2. The Bertz CT molecular complexity index is 1100. The molecule has 0 fully saturated rings. The molecule has 0 spiro atoms. The highest BCUT2D eigenvalue weighted by atomic mass is 15.1. The molecular formula is C21H25N7. The highest BCUT2D eigenvalue weighted by Gasteiger charge is 2.08. The van der Waals surface area contributed by atoms with Crippen LogP contribution < -0.4 is 10.6 Å². The number of aromatic amines is 1. The van der Waals surface area contributed by atoms with Crippen molar-refractivity contribution in [2.75, 3.05) is 32.5 Å². The zero-order chi connectivity index (χ0) is 19.5. The molecule has 7 heteroatoms. The first-order chi connectivity index (χ1) is 13.6. The number of fused-ring (bicyclic) bond motifs is 2. The van der Waals surface area contributed by atoms with Gasteiger partial charge in [0.2, 0.25) is 5.95 Å². The third-order valence-corrected chi connectivity index (χ3v) is 4.74. The van der Waals surface area contributed by atoms with E-state index in [2.05, 4.69) is 68.9 Å². The standard InChI is InChI=1S/C21H25N7/c1-14-5-4-6-15-12-23-21(25-20(14)15)24-16-7-8-17-18(11-16)26-27-19(17)13-22-9-10-28(2)3/h4-8,11-12,22H,9-10,13H2,1-3H3,(H,26,27)(H,23,24,25). The molecule has 4 aromatic rings. The third kappa shape index (κ3) is 3.95. The van der Waals surface area contributed by atoms with Crippen LogP contribution in [0.5, 0.6) is 0 Å². The van der Waals surface area contributed by atoms with E-state index in [-0.39, 0.29) is 0 Å². The van der Waals surface area contributed by atoms with Crippen LogP contribution >= 0.6 is 0 Å². The molecule has 2 aromatic carbocycles. The Kier molecular flexibility index (Phi) is 5.18. The molecule has 3 N–H and O–H groups in total. The zero-order valence-corrected chi connectivity index (χ0v) is 16.5. The maximum Gasteiger partial charge on any atom is 0.227 e.